The van der Waals surface area contributed by atoms with E-state index in [1.807, 2.05) is 31.2 Å². The average molecular weight is 316 g/mol. The molecule has 2 aromatic heterocycles. The number of furan rings is 1. The predicted octanol–water partition coefficient (Wildman–Crippen LogP) is 2.73. The van der Waals surface area contributed by atoms with Gasteiger partial charge in [0, 0.05) is 5.75 Å². The fourth-order valence-corrected chi connectivity index (χ4v) is 2.62. The molecular weight excluding hydrogens is 300 g/mol. The normalized spacial score (nSPS) is 10.8. The topological polar surface area (TPSA) is 79.1 Å². The van der Waals surface area contributed by atoms with Crippen molar-refractivity contribution in [1.82, 2.24) is 14.9 Å². The van der Waals surface area contributed by atoms with E-state index in [9.17, 15) is 0 Å². The van der Waals surface area contributed by atoms with E-state index in [4.69, 9.17) is 15.0 Å². The first-order chi connectivity index (χ1) is 10.7. The maximum Gasteiger partial charge on any atom is 0.218 e. The number of nitrogen functional groups attached to an aromatic ring is 1. The van der Waals surface area contributed by atoms with Gasteiger partial charge < -0.3 is 15.0 Å². The standard InChI is InChI=1S/C15H16N4O2S/c1-11-4-2-5-12(10-11)20-8-9-22-15-18-17-14(19(15)16)13-6-3-7-21-13/h2-7,10H,8-9,16H2,1H3. The first-order valence-corrected chi connectivity index (χ1v) is 7.79. The lowest BCUT2D eigenvalue weighted by Crippen LogP contribution is -2.12. The summed E-state index contributed by atoms with van der Waals surface area (Å²) >= 11 is 1.49. The lowest BCUT2D eigenvalue weighted by atomic mass is 10.2. The molecule has 114 valence electrons. The lowest BCUT2D eigenvalue weighted by molar-refractivity contribution is 0.343. The van der Waals surface area contributed by atoms with Crippen LogP contribution in [0, 0.1) is 6.92 Å². The Hall–Kier alpha value is -2.41. The molecule has 22 heavy (non-hydrogen) atoms. The first kappa shape index (κ1) is 14.5. The average Bonchev–Trinajstić information content (AvgIpc) is 3.14. The van der Waals surface area contributed by atoms with Crippen LogP contribution in [0.2, 0.25) is 0 Å². The highest BCUT2D eigenvalue weighted by Crippen LogP contribution is 2.22. The zero-order valence-electron chi connectivity index (χ0n) is 12.1. The Labute approximate surface area is 132 Å². The second-order valence-electron chi connectivity index (χ2n) is 4.67. The van der Waals surface area contributed by atoms with Crippen LogP contribution in [-0.4, -0.2) is 27.2 Å². The minimum absolute atomic E-state index is 0.507. The summed E-state index contributed by atoms with van der Waals surface area (Å²) in [6, 6.07) is 11.5. The van der Waals surface area contributed by atoms with Gasteiger partial charge >= 0.3 is 0 Å². The molecule has 7 heteroatoms. The molecule has 0 bridgehead atoms. The van der Waals surface area contributed by atoms with Crippen LogP contribution in [0.1, 0.15) is 5.56 Å². The van der Waals surface area contributed by atoms with E-state index in [1.54, 1.807) is 18.4 Å². The smallest absolute Gasteiger partial charge is 0.218 e. The molecule has 0 amide bonds. The van der Waals surface area contributed by atoms with Gasteiger partial charge in [0.1, 0.15) is 5.75 Å². The van der Waals surface area contributed by atoms with Crippen LogP contribution in [-0.2, 0) is 0 Å². The molecule has 0 aliphatic heterocycles. The molecule has 0 atom stereocenters. The van der Waals surface area contributed by atoms with E-state index in [1.165, 1.54) is 22.0 Å². The molecule has 0 saturated heterocycles. The number of aryl methyl sites for hydroxylation is 1. The summed E-state index contributed by atoms with van der Waals surface area (Å²) in [4.78, 5) is 0. The zero-order valence-corrected chi connectivity index (χ0v) is 12.9. The Morgan fingerprint density at radius 2 is 2.18 bits per heavy atom. The highest BCUT2D eigenvalue weighted by molar-refractivity contribution is 7.99. The summed E-state index contributed by atoms with van der Waals surface area (Å²) in [5.41, 5.74) is 1.18. The Morgan fingerprint density at radius 3 is 2.95 bits per heavy atom. The van der Waals surface area contributed by atoms with Crippen LogP contribution in [0.25, 0.3) is 11.6 Å². The second kappa shape index (κ2) is 6.57. The molecule has 0 spiro atoms. The van der Waals surface area contributed by atoms with Crippen molar-refractivity contribution in [2.45, 2.75) is 12.1 Å². The fraction of sp³-hybridized carbons (Fsp3) is 0.200. The molecule has 0 unspecified atom stereocenters. The van der Waals surface area contributed by atoms with Crippen LogP contribution < -0.4 is 10.6 Å². The largest absolute Gasteiger partial charge is 0.493 e. The zero-order chi connectivity index (χ0) is 15.4. The molecule has 0 aliphatic carbocycles. The van der Waals surface area contributed by atoms with Gasteiger partial charge in [0.15, 0.2) is 5.76 Å². The van der Waals surface area contributed by atoms with Crippen molar-refractivity contribution in [2.75, 3.05) is 18.2 Å². The molecule has 2 heterocycles. The highest BCUT2D eigenvalue weighted by Gasteiger charge is 2.13. The monoisotopic (exact) mass is 316 g/mol. The van der Waals surface area contributed by atoms with Gasteiger partial charge in [-0.25, -0.2) is 4.68 Å². The van der Waals surface area contributed by atoms with Gasteiger partial charge in [-0.2, -0.15) is 0 Å². The molecule has 2 N–H and O–H groups in total. The SMILES string of the molecule is Cc1cccc(OCCSc2nnc(-c3ccco3)n2N)c1. The first-order valence-electron chi connectivity index (χ1n) is 6.80. The molecule has 0 aliphatic rings. The maximum atomic E-state index is 5.98. The van der Waals surface area contributed by atoms with Crippen LogP contribution in [0.3, 0.4) is 0 Å². The third-order valence-electron chi connectivity index (χ3n) is 2.98. The Kier molecular flexibility index (Phi) is 4.34. The van der Waals surface area contributed by atoms with Crippen LogP contribution >= 0.6 is 11.8 Å². The van der Waals surface area contributed by atoms with Crippen molar-refractivity contribution in [2.24, 2.45) is 0 Å². The molecule has 0 fully saturated rings. The molecule has 1 aromatic carbocycles. The van der Waals surface area contributed by atoms with Gasteiger partial charge in [-0.3, -0.25) is 0 Å². The number of hydrogen-bond donors (Lipinski definition) is 1. The van der Waals surface area contributed by atoms with Gasteiger partial charge in [-0.1, -0.05) is 23.9 Å². The summed E-state index contributed by atoms with van der Waals surface area (Å²) in [7, 11) is 0. The maximum absolute atomic E-state index is 5.98. The van der Waals surface area contributed by atoms with Crippen molar-refractivity contribution in [3.05, 3.63) is 48.2 Å². The number of ether oxygens (including phenoxy) is 1. The molecule has 6 nitrogen and oxygen atoms in total. The quantitative estimate of drug-likeness (QED) is 0.428. The summed E-state index contributed by atoms with van der Waals surface area (Å²) in [6.45, 7) is 2.60. The lowest BCUT2D eigenvalue weighted by Gasteiger charge is -2.06. The van der Waals surface area contributed by atoms with E-state index in [-0.39, 0.29) is 0 Å². The van der Waals surface area contributed by atoms with Crippen molar-refractivity contribution in [3.63, 3.8) is 0 Å². The molecular formula is C15H16N4O2S. The number of rotatable bonds is 6. The number of benzene rings is 1. The van der Waals surface area contributed by atoms with Gasteiger partial charge in [-0.15, -0.1) is 10.2 Å². The molecule has 0 saturated carbocycles. The third-order valence-corrected chi connectivity index (χ3v) is 3.89. The van der Waals surface area contributed by atoms with Crippen molar-refractivity contribution < 1.29 is 9.15 Å². The molecule has 3 aromatic rings. The van der Waals surface area contributed by atoms with Crippen molar-refractivity contribution >= 4 is 11.8 Å². The minimum Gasteiger partial charge on any atom is -0.493 e. The summed E-state index contributed by atoms with van der Waals surface area (Å²) < 4.78 is 12.4. The Bertz CT molecular complexity index is 740. The number of aromatic nitrogens is 3. The van der Waals surface area contributed by atoms with E-state index >= 15 is 0 Å². The van der Waals surface area contributed by atoms with E-state index < -0.39 is 0 Å². The van der Waals surface area contributed by atoms with Crippen LogP contribution in [0.15, 0.2) is 52.2 Å². The Balaban J connectivity index is 1.54. The summed E-state index contributed by atoms with van der Waals surface area (Å²) in [5, 5.41) is 8.73. The molecule has 0 radical (unpaired) electrons. The van der Waals surface area contributed by atoms with Gasteiger partial charge in [0.05, 0.1) is 12.9 Å². The van der Waals surface area contributed by atoms with Gasteiger partial charge in [0.2, 0.25) is 11.0 Å². The van der Waals surface area contributed by atoms with Gasteiger partial charge in [-0.05, 0) is 36.8 Å². The molecule has 3 rings (SSSR count). The predicted molar refractivity (Wildman–Crippen MR) is 85.3 cm³/mol. The van der Waals surface area contributed by atoms with E-state index in [2.05, 4.69) is 10.2 Å². The van der Waals surface area contributed by atoms with Crippen LogP contribution in [0.5, 0.6) is 5.75 Å². The minimum atomic E-state index is 0.507. The number of thioether (sulfide) groups is 1. The second-order valence-corrected chi connectivity index (χ2v) is 5.73. The highest BCUT2D eigenvalue weighted by atomic mass is 32.2. The number of hydrogen-bond acceptors (Lipinski definition) is 6. The van der Waals surface area contributed by atoms with E-state index in [0.29, 0.717) is 23.3 Å². The van der Waals surface area contributed by atoms with Crippen molar-refractivity contribution in [3.8, 4) is 17.3 Å². The number of nitrogens with zero attached hydrogens (tertiary/aromatic N) is 3. The van der Waals surface area contributed by atoms with Crippen LogP contribution in [0.4, 0.5) is 0 Å². The van der Waals surface area contributed by atoms with Gasteiger partial charge in [0.25, 0.3) is 0 Å². The third kappa shape index (κ3) is 3.25. The fourth-order valence-electron chi connectivity index (χ4n) is 1.95. The van der Waals surface area contributed by atoms with Crippen molar-refractivity contribution in [1.29, 1.82) is 0 Å². The summed E-state index contributed by atoms with van der Waals surface area (Å²) in [6.07, 6.45) is 1.58. The summed E-state index contributed by atoms with van der Waals surface area (Å²) in [5.74, 6) is 8.67. The van der Waals surface area contributed by atoms with E-state index in [0.717, 1.165) is 11.5 Å². The Morgan fingerprint density at radius 1 is 1.27 bits per heavy atom. The number of nitrogens with two attached hydrogens (primary N) is 1.